The van der Waals surface area contributed by atoms with Crippen LogP contribution in [0.15, 0.2) is 71.5 Å². The van der Waals surface area contributed by atoms with Crippen LogP contribution in [0.2, 0.25) is 0 Å². The maximum atomic E-state index is 6.46. The lowest BCUT2D eigenvalue weighted by Crippen LogP contribution is -2.41. The quantitative estimate of drug-likeness (QED) is 0.756. The molecule has 0 aliphatic carbocycles. The van der Waals surface area contributed by atoms with Crippen LogP contribution in [0.5, 0.6) is 0 Å². The van der Waals surface area contributed by atoms with Crippen LogP contribution in [0.3, 0.4) is 0 Å². The molecule has 5 nitrogen and oxygen atoms in total. The Balaban J connectivity index is 1.96. The summed E-state index contributed by atoms with van der Waals surface area (Å²) in [5, 5.41) is 3.14. The van der Waals surface area contributed by atoms with Crippen LogP contribution in [0, 0.1) is 0 Å². The number of nitrogens with one attached hydrogen (secondary N) is 1. The fraction of sp³-hybridized carbons (Fsp3) is 0.118. The average Bonchev–Trinajstić information content (AvgIpc) is 2.55. The molecule has 0 radical (unpaired) electrons. The molecule has 112 valence electrons. The van der Waals surface area contributed by atoms with Crippen molar-refractivity contribution in [2.24, 2.45) is 10.7 Å². The molecule has 2 aromatic carbocycles. The Bertz CT molecular complexity index is 723. The van der Waals surface area contributed by atoms with Gasteiger partial charge in [-0.05, 0) is 24.3 Å². The second-order valence-electron chi connectivity index (χ2n) is 5.28. The number of nitrogen functional groups attached to an aromatic ring is 1. The van der Waals surface area contributed by atoms with Gasteiger partial charge in [0.15, 0.2) is 5.66 Å². The molecule has 0 bridgehead atoms. The van der Waals surface area contributed by atoms with Gasteiger partial charge in [-0.1, -0.05) is 30.3 Å². The summed E-state index contributed by atoms with van der Waals surface area (Å²) in [6, 6.07) is 17.5. The third kappa shape index (κ3) is 2.66. The summed E-state index contributed by atoms with van der Waals surface area (Å²) in [6.45, 7) is 0. The molecule has 5 heteroatoms. The number of benzene rings is 2. The Morgan fingerprint density at radius 2 is 1.86 bits per heavy atom. The molecule has 0 fully saturated rings. The van der Waals surface area contributed by atoms with Gasteiger partial charge in [0.1, 0.15) is 5.82 Å². The number of para-hydroxylation sites is 1. The minimum Gasteiger partial charge on any atom is -0.399 e. The van der Waals surface area contributed by atoms with E-state index < -0.39 is 5.66 Å². The lowest BCUT2D eigenvalue weighted by atomic mass is 9.99. The van der Waals surface area contributed by atoms with Gasteiger partial charge in [0.2, 0.25) is 0 Å². The van der Waals surface area contributed by atoms with Crippen molar-refractivity contribution in [3.05, 3.63) is 72.1 Å². The molecule has 1 atom stereocenters. The highest BCUT2D eigenvalue weighted by Crippen LogP contribution is 2.27. The summed E-state index contributed by atoms with van der Waals surface area (Å²) in [6.07, 6.45) is 3.52. The summed E-state index contributed by atoms with van der Waals surface area (Å²) in [5.74, 6) is 0.867. The Kier molecular flexibility index (Phi) is 3.56. The molecule has 0 saturated carbocycles. The van der Waals surface area contributed by atoms with E-state index in [-0.39, 0.29) is 0 Å². The first kappa shape index (κ1) is 14.2. The van der Waals surface area contributed by atoms with Gasteiger partial charge < -0.3 is 16.0 Å². The van der Waals surface area contributed by atoms with E-state index in [1.54, 1.807) is 6.34 Å². The highest BCUT2D eigenvalue weighted by molar-refractivity contribution is 5.65. The first-order valence-corrected chi connectivity index (χ1v) is 7.05. The first-order valence-electron chi connectivity index (χ1n) is 7.05. The van der Waals surface area contributed by atoms with Crippen LogP contribution in [0.25, 0.3) is 0 Å². The lowest BCUT2D eigenvalue weighted by Gasteiger charge is -2.31. The van der Waals surface area contributed by atoms with Gasteiger partial charge in [0.05, 0.1) is 6.34 Å². The summed E-state index contributed by atoms with van der Waals surface area (Å²) in [5.41, 5.74) is 14.0. The van der Waals surface area contributed by atoms with Crippen molar-refractivity contribution in [1.82, 2.24) is 5.32 Å². The van der Waals surface area contributed by atoms with Crippen molar-refractivity contribution in [1.29, 1.82) is 0 Å². The zero-order valence-corrected chi connectivity index (χ0v) is 12.4. The van der Waals surface area contributed by atoms with Crippen LogP contribution in [-0.4, -0.2) is 13.4 Å². The van der Waals surface area contributed by atoms with Crippen LogP contribution in [-0.2, 0) is 5.66 Å². The zero-order valence-electron chi connectivity index (χ0n) is 12.4. The summed E-state index contributed by atoms with van der Waals surface area (Å²) < 4.78 is 0. The minimum atomic E-state index is -0.932. The van der Waals surface area contributed by atoms with Gasteiger partial charge in [-0.3, -0.25) is 5.73 Å². The molecule has 1 aliphatic heterocycles. The van der Waals surface area contributed by atoms with E-state index in [4.69, 9.17) is 11.5 Å². The molecule has 0 saturated heterocycles. The number of aliphatic imine (C=N–C) groups is 1. The molecular weight excluding hydrogens is 274 g/mol. The SMILES string of the molecule is CN(C1=CC(N)(c2cccc(N)c2)N=CN1)c1ccccc1. The van der Waals surface area contributed by atoms with Crippen LogP contribution in [0.4, 0.5) is 11.4 Å². The van der Waals surface area contributed by atoms with E-state index in [1.165, 1.54) is 0 Å². The fourth-order valence-electron chi connectivity index (χ4n) is 2.42. The lowest BCUT2D eigenvalue weighted by molar-refractivity contribution is 0.576. The molecule has 1 heterocycles. The van der Waals surface area contributed by atoms with Crippen molar-refractivity contribution >= 4 is 17.7 Å². The molecule has 1 unspecified atom stereocenters. The monoisotopic (exact) mass is 293 g/mol. The number of nitrogens with two attached hydrogens (primary N) is 2. The van der Waals surface area contributed by atoms with Crippen LogP contribution in [0.1, 0.15) is 5.56 Å². The molecular formula is C17H19N5. The predicted octanol–water partition coefficient (Wildman–Crippen LogP) is 1.99. The van der Waals surface area contributed by atoms with Crippen molar-refractivity contribution < 1.29 is 0 Å². The fourth-order valence-corrected chi connectivity index (χ4v) is 2.42. The van der Waals surface area contributed by atoms with Crippen LogP contribution < -0.4 is 21.7 Å². The summed E-state index contributed by atoms with van der Waals surface area (Å²) in [4.78, 5) is 6.41. The second kappa shape index (κ2) is 5.54. The third-order valence-corrected chi connectivity index (χ3v) is 3.70. The third-order valence-electron chi connectivity index (χ3n) is 3.70. The van der Waals surface area contributed by atoms with E-state index in [0.29, 0.717) is 5.69 Å². The van der Waals surface area contributed by atoms with Gasteiger partial charge in [-0.2, -0.15) is 0 Å². The highest BCUT2D eigenvalue weighted by atomic mass is 15.3. The first-order chi connectivity index (χ1) is 10.6. The van der Waals surface area contributed by atoms with Gasteiger partial charge in [0.25, 0.3) is 0 Å². The van der Waals surface area contributed by atoms with Gasteiger partial charge in [-0.15, -0.1) is 0 Å². The van der Waals surface area contributed by atoms with E-state index in [0.717, 1.165) is 17.1 Å². The molecule has 0 amide bonds. The van der Waals surface area contributed by atoms with Crippen LogP contribution >= 0.6 is 0 Å². The predicted molar refractivity (Wildman–Crippen MR) is 91.3 cm³/mol. The average molecular weight is 293 g/mol. The van der Waals surface area contributed by atoms with Crippen molar-refractivity contribution in [3.8, 4) is 0 Å². The standard InChI is InChI=1S/C17H19N5/c1-22(15-8-3-2-4-9-15)16-11-17(19,21-12-20-16)13-6-5-7-14(18)10-13/h2-12H,18-19H2,1H3,(H,20,21). The molecule has 3 rings (SSSR count). The summed E-state index contributed by atoms with van der Waals surface area (Å²) in [7, 11) is 1.98. The van der Waals surface area contributed by atoms with E-state index in [2.05, 4.69) is 10.3 Å². The number of nitrogens with zero attached hydrogens (tertiary/aromatic N) is 2. The maximum absolute atomic E-state index is 6.46. The Hall–Kier alpha value is -2.79. The summed E-state index contributed by atoms with van der Waals surface area (Å²) >= 11 is 0. The Labute approximate surface area is 130 Å². The number of hydrogen-bond acceptors (Lipinski definition) is 5. The molecule has 22 heavy (non-hydrogen) atoms. The Morgan fingerprint density at radius 3 is 2.59 bits per heavy atom. The van der Waals surface area contributed by atoms with E-state index in [1.807, 2.05) is 72.6 Å². The van der Waals surface area contributed by atoms with E-state index in [9.17, 15) is 0 Å². The highest BCUT2D eigenvalue weighted by Gasteiger charge is 2.28. The molecule has 2 aromatic rings. The van der Waals surface area contributed by atoms with Crippen molar-refractivity contribution in [2.75, 3.05) is 17.7 Å². The molecule has 0 aromatic heterocycles. The second-order valence-corrected chi connectivity index (χ2v) is 5.28. The number of anilines is 2. The maximum Gasteiger partial charge on any atom is 0.158 e. The van der Waals surface area contributed by atoms with E-state index >= 15 is 0 Å². The van der Waals surface area contributed by atoms with Gasteiger partial charge in [0, 0.05) is 30.1 Å². The Morgan fingerprint density at radius 1 is 1.09 bits per heavy atom. The van der Waals surface area contributed by atoms with Gasteiger partial charge >= 0.3 is 0 Å². The molecule has 1 aliphatic rings. The zero-order chi connectivity index (χ0) is 15.6. The molecule has 5 N–H and O–H groups in total. The minimum absolute atomic E-state index is 0.669. The topological polar surface area (TPSA) is 79.7 Å². The largest absolute Gasteiger partial charge is 0.399 e. The van der Waals surface area contributed by atoms with Gasteiger partial charge in [-0.25, -0.2) is 4.99 Å². The smallest absolute Gasteiger partial charge is 0.158 e. The van der Waals surface area contributed by atoms with Crippen molar-refractivity contribution in [2.45, 2.75) is 5.66 Å². The van der Waals surface area contributed by atoms with Crippen molar-refractivity contribution in [3.63, 3.8) is 0 Å². The normalized spacial score (nSPS) is 20.2. The number of rotatable bonds is 3. The molecule has 0 spiro atoms. The number of hydrogen-bond donors (Lipinski definition) is 3.